The van der Waals surface area contributed by atoms with Crippen molar-refractivity contribution in [1.29, 1.82) is 0 Å². The highest BCUT2D eigenvalue weighted by atomic mass is 15.0. The Balaban J connectivity index is 1.88. The summed E-state index contributed by atoms with van der Waals surface area (Å²) in [6.07, 6.45) is 6.67. The highest BCUT2D eigenvalue weighted by molar-refractivity contribution is 5.81. The van der Waals surface area contributed by atoms with Crippen LogP contribution in [0.5, 0.6) is 0 Å². The van der Waals surface area contributed by atoms with Gasteiger partial charge in [-0.05, 0) is 37.5 Å². The van der Waals surface area contributed by atoms with Crippen LogP contribution in [-0.2, 0) is 0 Å². The summed E-state index contributed by atoms with van der Waals surface area (Å²) in [5.74, 6) is 1.07. The van der Waals surface area contributed by atoms with Gasteiger partial charge in [0.05, 0.1) is 5.52 Å². The van der Waals surface area contributed by atoms with E-state index < -0.39 is 0 Å². The molecule has 2 heteroatoms. The van der Waals surface area contributed by atoms with Crippen LogP contribution in [-0.4, -0.2) is 11.0 Å². The van der Waals surface area contributed by atoms with Gasteiger partial charge in [0.15, 0.2) is 0 Å². The third-order valence-corrected chi connectivity index (χ3v) is 3.86. The van der Waals surface area contributed by atoms with Gasteiger partial charge >= 0.3 is 0 Å². The Labute approximate surface area is 108 Å². The van der Waals surface area contributed by atoms with E-state index in [9.17, 15) is 0 Å². The molecule has 18 heavy (non-hydrogen) atoms. The van der Waals surface area contributed by atoms with E-state index in [2.05, 4.69) is 42.6 Å². The number of nitrogens with zero attached hydrogens (tertiary/aromatic N) is 1. The Morgan fingerprint density at radius 1 is 1.11 bits per heavy atom. The second-order valence-electron chi connectivity index (χ2n) is 5.33. The van der Waals surface area contributed by atoms with Crippen molar-refractivity contribution < 1.29 is 0 Å². The zero-order valence-electron chi connectivity index (χ0n) is 10.9. The lowest BCUT2D eigenvalue weighted by Gasteiger charge is -2.24. The van der Waals surface area contributed by atoms with Crippen LogP contribution in [0.4, 0.5) is 5.82 Å². The molecular formula is C16H20N2. The maximum absolute atomic E-state index is 4.76. The summed E-state index contributed by atoms with van der Waals surface area (Å²) < 4.78 is 0. The molecule has 3 rings (SSSR count). The smallest absolute Gasteiger partial charge is 0.129 e. The van der Waals surface area contributed by atoms with E-state index in [0.29, 0.717) is 6.04 Å². The molecule has 1 N–H and O–H groups in total. The average molecular weight is 240 g/mol. The molecule has 0 amide bonds. The molecular weight excluding hydrogens is 220 g/mol. The molecule has 1 saturated carbocycles. The molecule has 2 aromatic rings. The Kier molecular flexibility index (Phi) is 3.18. The molecule has 2 nitrogen and oxygen atoms in total. The van der Waals surface area contributed by atoms with E-state index in [4.69, 9.17) is 4.98 Å². The van der Waals surface area contributed by atoms with Gasteiger partial charge in [-0.1, -0.05) is 37.5 Å². The standard InChI is InChI=1S/C16H20N2/c1-12-11-13-7-5-6-10-15(13)18-16(12)17-14-8-3-2-4-9-14/h5-7,10-11,14H,2-4,8-9H2,1H3,(H,17,18). The second-order valence-corrected chi connectivity index (χ2v) is 5.33. The number of hydrogen-bond acceptors (Lipinski definition) is 2. The molecule has 0 atom stereocenters. The Morgan fingerprint density at radius 3 is 2.72 bits per heavy atom. The van der Waals surface area contributed by atoms with E-state index in [0.717, 1.165) is 11.3 Å². The first-order valence-electron chi connectivity index (χ1n) is 6.96. The van der Waals surface area contributed by atoms with Gasteiger partial charge in [-0.2, -0.15) is 0 Å². The summed E-state index contributed by atoms with van der Waals surface area (Å²) in [6.45, 7) is 2.14. The average Bonchev–Trinajstić information content (AvgIpc) is 2.41. The fourth-order valence-electron chi connectivity index (χ4n) is 2.81. The van der Waals surface area contributed by atoms with Crippen molar-refractivity contribution in [2.45, 2.75) is 45.1 Å². The number of benzene rings is 1. The molecule has 0 radical (unpaired) electrons. The van der Waals surface area contributed by atoms with Gasteiger partial charge in [0.2, 0.25) is 0 Å². The molecule has 1 fully saturated rings. The molecule has 1 heterocycles. The first kappa shape index (κ1) is 11.5. The maximum Gasteiger partial charge on any atom is 0.129 e. The molecule has 0 spiro atoms. The van der Waals surface area contributed by atoms with E-state index in [1.54, 1.807) is 0 Å². The normalized spacial score (nSPS) is 16.9. The number of nitrogens with one attached hydrogen (secondary N) is 1. The topological polar surface area (TPSA) is 24.9 Å². The van der Waals surface area contributed by atoms with Crippen LogP contribution in [0.1, 0.15) is 37.7 Å². The van der Waals surface area contributed by atoms with Crippen molar-refractivity contribution in [2.75, 3.05) is 5.32 Å². The summed E-state index contributed by atoms with van der Waals surface area (Å²) in [5, 5.41) is 4.86. The highest BCUT2D eigenvalue weighted by Crippen LogP contribution is 2.24. The fraction of sp³-hybridized carbons (Fsp3) is 0.438. The molecule has 0 saturated heterocycles. The minimum Gasteiger partial charge on any atom is -0.367 e. The number of aryl methyl sites for hydroxylation is 1. The molecule has 1 aliphatic rings. The summed E-state index contributed by atoms with van der Waals surface area (Å²) in [7, 11) is 0. The predicted octanol–water partition coefficient (Wildman–Crippen LogP) is 4.29. The lowest BCUT2D eigenvalue weighted by Crippen LogP contribution is -2.23. The zero-order valence-corrected chi connectivity index (χ0v) is 10.9. The third kappa shape index (κ3) is 2.33. The van der Waals surface area contributed by atoms with Gasteiger partial charge in [0, 0.05) is 11.4 Å². The third-order valence-electron chi connectivity index (χ3n) is 3.86. The predicted molar refractivity (Wildman–Crippen MR) is 77.0 cm³/mol. The van der Waals surface area contributed by atoms with Gasteiger partial charge in [0.25, 0.3) is 0 Å². The van der Waals surface area contributed by atoms with Gasteiger partial charge in [-0.3, -0.25) is 0 Å². The van der Waals surface area contributed by atoms with Crippen molar-refractivity contribution >= 4 is 16.7 Å². The van der Waals surface area contributed by atoms with Crippen LogP contribution in [0.2, 0.25) is 0 Å². The van der Waals surface area contributed by atoms with Gasteiger partial charge in [-0.25, -0.2) is 4.98 Å². The maximum atomic E-state index is 4.76. The number of fused-ring (bicyclic) bond motifs is 1. The van der Waals surface area contributed by atoms with E-state index >= 15 is 0 Å². The number of aromatic nitrogens is 1. The molecule has 0 bridgehead atoms. The summed E-state index contributed by atoms with van der Waals surface area (Å²) in [6, 6.07) is 11.2. The number of pyridine rings is 1. The Morgan fingerprint density at radius 2 is 1.89 bits per heavy atom. The first-order valence-corrected chi connectivity index (χ1v) is 6.96. The number of anilines is 1. The van der Waals surface area contributed by atoms with Crippen LogP contribution in [0.25, 0.3) is 10.9 Å². The Hall–Kier alpha value is -1.57. The molecule has 1 aliphatic carbocycles. The molecule has 1 aromatic heterocycles. The van der Waals surface area contributed by atoms with Gasteiger partial charge in [0.1, 0.15) is 5.82 Å². The van der Waals surface area contributed by atoms with E-state index in [1.165, 1.54) is 43.1 Å². The van der Waals surface area contributed by atoms with Crippen molar-refractivity contribution in [1.82, 2.24) is 4.98 Å². The lowest BCUT2D eigenvalue weighted by molar-refractivity contribution is 0.462. The first-order chi connectivity index (χ1) is 8.83. The molecule has 0 unspecified atom stereocenters. The van der Waals surface area contributed by atoms with E-state index in [-0.39, 0.29) is 0 Å². The van der Waals surface area contributed by atoms with Crippen LogP contribution < -0.4 is 5.32 Å². The van der Waals surface area contributed by atoms with Gasteiger partial charge < -0.3 is 5.32 Å². The van der Waals surface area contributed by atoms with Crippen LogP contribution >= 0.6 is 0 Å². The molecule has 0 aliphatic heterocycles. The van der Waals surface area contributed by atoms with Crippen LogP contribution in [0, 0.1) is 6.92 Å². The quantitative estimate of drug-likeness (QED) is 0.847. The Bertz CT molecular complexity index is 542. The summed E-state index contributed by atoms with van der Waals surface area (Å²) in [4.78, 5) is 4.76. The lowest BCUT2D eigenvalue weighted by atomic mass is 9.95. The summed E-state index contributed by atoms with van der Waals surface area (Å²) in [5.41, 5.74) is 2.33. The van der Waals surface area contributed by atoms with Crippen molar-refractivity contribution in [3.05, 3.63) is 35.9 Å². The van der Waals surface area contributed by atoms with Crippen LogP contribution in [0.3, 0.4) is 0 Å². The molecule has 94 valence electrons. The van der Waals surface area contributed by atoms with Crippen LogP contribution in [0.15, 0.2) is 30.3 Å². The van der Waals surface area contributed by atoms with E-state index in [1.807, 2.05) is 0 Å². The second kappa shape index (κ2) is 4.97. The van der Waals surface area contributed by atoms with Crippen molar-refractivity contribution in [2.24, 2.45) is 0 Å². The minimum absolute atomic E-state index is 0.617. The highest BCUT2D eigenvalue weighted by Gasteiger charge is 2.14. The fourth-order valence-corrected chi connectivity index (χ4v) is 2.81. The zero-order chi connectivity index (χ0) is 12.4. The minimum atomic E-state index is 0.617. The largest absolute Gasteiger partial charge is 0.367 e. The summed E-state index contributed by atoms with van der Waals surface area (Å²) >= 11 is 0. The van der Waals surface area contributed by atoms with Gasteiger partial charge in [-0.15, -0.1) is 0 Å². The number of rotatable bonds is 2. The SMILES string of the molecule is Cc1cc2ccccc2nc1NC1CCCCC1. The van der Waals surface area contributed by atoms with Crippen molar-refractivity contribution in [3.63, 3.8) is 0 Å². The molecule has 1 aromatic carbocycles. The van der Waals surface area contributed by atoms with Crippen molar-refractivity contribution in [3.8, 4) is 0 Å². The number of para-hydroxylation sites is 1. The monoisotopic (exact) mass is 240 g/mol. The number of hydrogen-bond donors (Lipinski definition) is 1.